The summed E-state index contributed by atoms with van der Waals surface area (Å²) in [6.45, 7) is 0.924. The highest BCUT2D eigenvalue weighted by atomic mass is 19.2. The third-order valence-electron chi connectivity index (χ3n) is 0.521. The molecule has 3 N–H and O–H groups in total. The zero-order chi connectivity index (χ0) is 5.54. The van der Waals surface area contributed by atoms with Crippen molar-refractivity contribution in [2.24, 2.45) is 0 Å². The maximum atomic E-state index is 11.0. The molecule has 0 saturated heterocycles. The van der Waals surface area contributed by atoms with E-state index >= 15 is 0 Å². The molecular formula is C3H10FN3. The highest BCUT2D eigenvalue weighted by Crippen LogP contribution is 1.50. The molecule has 3 nitrogen and oxygen atoms in total. The van der Waals surface area contributed by atoms with Crippen molar-refractivity contribution < 1.29 is 4.48 Å². The predicted molar refractivity (Wildman–Crippen MR) is 26.2 cm³/mol. The van der Waals surface area contributed by atoms with E-state index in [1.165, 1.54) is 5.54 Å². The van der Waals surface area contributed by atoms with Crippen LogP contribution in [-0.4, -0.2) is 20.1 Å². The minimum Gasteiger partial charge on any atom is -0.261 e. The number of nitrogens with one attached hydrogen (secondary N) is 3. The maximum Gasteiger partial charge on any atom is 0.0398 e. The Morgan fingerprint density at radius 2 is 2.14 bits per heavy atom. The average molecular weight is 107 g/mol. The van der Waals surface area contributed by atoms with Gasteiger partial charge in [0.2, 0.25) is 0 Å². The molecule has 0 unspecified atom stereocenters. The Labute approximate surface area is 42.2 Å². The largest absolute Gasteiger partial charge is 0.261 e. The Morgan fingerprint density at radius 1 is 1.43 bits per heavy atom. The maximum absolute atomic E-state index is 11.0. The monoisotopic (exact) mass is 107 g/mol. The van der Waals surface area contributed by atoms with Gasteiger partial charge >= 0.3 is 0 Å². The van der Waals surface area contributed by atoms with Gasteiger partial charge in [-0.15, -0.1) is 4.48 Å². The van der Waals surface area contributed by atoms with Gasteiger partial charge in [-0.05, 0) is 7.05 Å². The van der Waals surface area contributed by atoms with E-state index in [4.69, 9.17) is 0 Å². The Morgan fingerprint density at radius 3 is 2.57 bits per heavy atom. The minimum absolute atomic E-state index is 0.334. The summed E-state index contributed by atoms with van der Waals surface area (Å²) in [6.07, 6.45) is 0. The zero-order valence-electron chi connectivity index (χ0n) is 4.29. The SMILES string of the molecule is CNNCCNF. The van der Waals surface area contributed by atoms with E-state index < -0.39 is 0 Å². The van der Waals surface area contributed by atoms with Crippen molar-refractivity contribution in [3.8, 4) is 0 Å². The lowest BCUT2D eigenvalue weighted by molar-refractivity contribution is 0.329. The summed E-state index contributed by atoms with van der Waals surface area (Å²) in [7, 11) is 1.73. The lowest BCUT2D eigenvalue weighted by Gasteiger charge is -1.96. The molecule has 0 radical (unpaired) electrons. The van der Waals surface area contributed by atoms with Gasteiger partial charge in [0.15, 0.2) is 0 Å². The molecule has 0 aliphatic carbocycles. The van der Waals surface area contributed by atoms with Crippen LogP contribution in [0.15, 0.2) is 0 Å². The van der Waals surface area contributed by atoms with E-state index in [2.05, 4.69) is 10.9 Å². The summed E-state index contributed by atoms with van der Waals surface area (Å²) in [5.74, 6) is 0. The van der Waals surface area contributed by atoms with Gasteiger partial charge in [-0.3, -0.25) is 10.9 Å². The molecule has 0 aliphatic heterocycles. The average Bonchev–Trinajstić information content (AvgIpc) is 1.69. The van der Waals surface area contributed by atoms with Gasteiger partial charge in [0.25, 0.3) is 0 Å². The van der Waals surface area contributed by atoms with Crippen molar-refractivity contribution in [1.29, 1.82) is 0 Å². The van der Waals surface area contributed by atoms with Crippen LogP contribution in [0.2, 0.25) is 0 Å². The van der Waals surface area contributed by atoms with Crippen LogP contribution in [0.5, 0.6) is 0 Å². The van der Waals surface area contributed by atoms with Crippen LogP contribution in [0.4, 0.5) is 4.48 Å². The Bertz CT molecular complexity index is 29.4. The van der Waals surface area contributed by atoms with Crippen LogP contribution in [0.1, 0.15) is 0 Å². The van der Waals surface area contributed by atoms with Crippen molar-refractivity contribution in [3.63, 3.8) is 0 Å². The van der Waals surface area contributed by atoms with Gasteiger partial charge in [-0.1, -0.05) is 0 Å². The van der Waals surface area contributed by atoms with E-state index in [1.807, 2.05) is 0 Å². The van der Waals surface area contributed by atoms with E-state index in [9.17, 15) is 4.48 Å². The summed E-state index contributed by atoms with van der Waals surface area (Å²) in [6, 6.07) is 0. The molecule has 0 heterocycles. The van der Waals surface area contributed by atoms with Crippen molar-refractivity contribution in [3.05, 3.63) is 0 Å². The summed E-state index contributed by atoms with van der Waals surface area (Å²) < 4.78 is 11.0. The number of hydrogen-bond donors (Lipinski definition) is 3. The zero-order valence-corrected chi connectivity index (χ0v) is 4.29. The van der Waals surface area contributed by atoms with Crippen LogP contribution >= 0.6 is 0 Å². The lowest BCUT2D eigenvalue weighted by Crippen LogP contribution is -2.32. The van der Waals surface area contributed by atoms with Crippen LogP contribution in [0, 0.1) is 0 Å². The molecule has 0 rings (SSSR count). The van der Waals surface area contributed by atoms with Gasteiger partial charge in [0, 0.05) is 13.1 Å². The molecule has 0 bridgehead atoms. The fourth-order valence-corrected chi connectivity index (χ4v) is 0.235. The van der Waals surface area contributed by atoms with Gasteiger partial charge in [0.1, 0.15) is 0 Å². The van der Waals surface area contributed by atoms with Gasteiger partial charge in [-0.2, -0.15) is 5.54 Å². The molecule has 4 heteroatoms. The lowest BCUT2D eigenvalue weighted by atomic mass is 10.7. The molecule has 0 aromatic heterocycles. The molecule has 0 atom stereocenters. The first kappa shape index (κ1) is 6.81. The molecule has 0 aliphatic rings. The van der Waals surface area contributed by atoms with E-state index in [0.717, 1.165) is 0 Å². The molecule has 44 valence electrons. The topological polar surface area (TPSA) is 36.1 Å². The third-order valence-corrected chi connectivity index (χ3v) is 0.521. The van der Waals surface area contributed by atoms with E-state index in [0.29, 0.717) is 13.1 Å². The third kappa shape index (κ3) is 5.81. The Balaban J connectivity index is 2.45. The van der Waals surface area contributed by atoms with Crippen LogP contribution in [0.25, 0.3) is 0 Å². The molecule has 0 spiro atoms. The summed E-state index contributed by atoms with van der Waals surface area (Å²) >= 11 is 0. The summed E-state index contributed by atoms with van der Waals surface area (Å²) in [4.78, 5) is 0. The first-order valence-electron chi connectivity index (χ1n) is 2.15. The highest BCUT2D eigenvalue weighted by molar-refractivity contribution is 4.35. The highest BCUT2D eigenvalue weighted by Gasteiger charge is 1.77. The second kappa shape index (κ2) is 5.81. The fourth-order valence-electron chi connectivity index (χ4n) is 0.235. The van der Waals surface area contributed by atoms with Gasteiger partial charge in [0.05, 0.1) is 0 Å². The van der Waals surface area contributed by atoms with Crippen molar-refractivity contribution in [1.82, 2.24) is 16.4 Å². The number of halogens is 1. The second-order valence-electron chi connectivity index (χ2n) is 1.06. The molecule has 0 saturated carbocycles. The number of hydrogen-bond acceptors (Lipinski definition) is 3. The van der Waals surface area contributed by atoms with Gasteiger partial charge in [-0.25, -0.2) is 0 Å². The van der Waals surface area contributed by atoms with Crippen LogP contribution in [0.3, 0.4) is 0 Å². The molecule has 7 heavy (non-hydrogen) atoms. The number of hydrazine groups is 1. The van der Waals surface area contributed by atoms with Crippen molar-refractivity contribution >= 4 is 0 Å². The predicted octanol–water partition coefficient (Wildman–Crippen LogP) is -0.816. The smallest absolute Gasteiger partial charge is 0.0398 e. The van der Waals surface area contributed by atoms with Crippen molar-refractivity contribution in [2.75, 3.05) is 20.1 Å². The van der Waals surface area contributed by atoms with E-state index in [1.54, 1.807) is 7.05 Å². The Kier molecular flexibility index (Phi) is 5.65. The summed E-state index contributed by atoms with van der Waals surface area (Å²) in [5, 5.41) is 0. The molecule has 0 amide bonds. The Hall–Kier alpha value is -0.190. The standard InChI is InChI=1S/C3H10FN3/c1-5-7-3-2-6-4/h5-7H,2-3H2,1H3. The molecule has 0 fully saturated rings. The van der Waals surface area contributed by atoms with Crippen LogP contribution in [-0.2, 0) is 0 Å². The quantitative estimate of drug-likeness (QED) is 0.250. The minimum atomic E-state index is 0.334. The molecule has 0 aromatic carbocycles. The van der Waals surface area contributed by atoms with Gasteiger partial charge < -0.3 is 0 Å². The van der Waals surface area contributed by atoms with E-state index in [-0.39, 0.29) is 0 Å². The summed E-state index contributed by atoms with van der Waals surface area (Å²) in [5.41, 5.74) is 6.84. The first-order chi connectivity index (χ1) is 3.41. The first-order valence-corrected chi connectivity index (χ1v) is 2.15. The normalized spacial score (nSPS) is 9.43. The van der Waals surface area contributed by atoms with Crippen molar-refractivity contribution in [2.45, 2.75) is 0 Å². The number of rotatable bonds is 4. The molecular weight excluding hydrogens is 97.1 g/mol. The van der Waals surface area contributed by atoms with Crippen LogP contribution < -0.4 is 16.4 Å². The second-order valence-corrected chi connectivity index (χ2v) is 1.06. The fraction of sp³-hybridized carbons (Fsp3) is 1.00. The molecule has 0 aromatic rings.